The lowest BCUT2D eigenvalue weighted by molar-refractivity contribution is 0.487. The highest BCUT2D eigenvalue weighted by Gasteiger charge is 2.21. The first-order valence-corrected chi connectivity index (χ1v) is 8.79. The second-order valence-corrected chi connectivity index (χ2v) is 6.48. The Morgan fingerprint density at radius 1 is 1.08 bits per heavy atom. The minimum absolute atomic E-state index is 0.0164. The van der Waals surface area contributed by atoms with Gasteiger partial charge in [0.2, 0.25) is 0 Å². The lowest BCUT2D eigenvalue weighted by Gasteiger charge is -2.19. The van der Waals surface area contributed by atoms with Gasteiger partial charge in [0.15, 0.2) is 0 Å². The molecule has 0 radical (unpaired) electrons. The Balaban J connectivity index is 1.34. The zero-order valence-electron chi connectivity index (χ0n) is 14.1. The maximum atomic E-state index is 12.5. The summed E-state index contributed by atoms with van der Waals surface area (Å²) in [6.45, 7) is 3.41. The summed E-state index contributed by atoms with van der Waals surface area (Å²) >= 11 is 0. The molecule has 3 aromatic rings. The van der Waals surface area contributed by atoms with E-state index in [1.165, 1.54) is 5.69 Å². The van der Waals surface area contributed by atoms with E-state index in [4.69, 9.17) is 0 Å². The van der Waals surface area contributed by atoms with E-state index in [-0.39, 0.29) is 5.56 Å². The number of anilines is 1. The lowest BCUT2D eigenvalue weighted by atomic mass is 10.2. The van der Waals surface area contributed by atoms with E-state index in [1.807, 2.05) is 30.3 Å². The molecule has 0 spiro atoms. The summed E-state index contributed by atoms with van der Waals surface area (Å²) in [5, 5.41) is 9.48. The van der Waals surface area contributed by atoms with Gasteiger partial charge >= 0.3 is 0 Å². The molecular weight excluding hydrogens is 312 g/mol. The van der Waals surface area contributed by atoms with Crippen LogP contribution in [0.25, 0.3) is 10.8 Å². The number of rotatable bonds is 5. The van der Waals surface area contributed by atoms with Crippen LogP contribution >= 0.6 is 0 Å². The average Bonchev–Trinajstić information content (AvgIpc) is 3.13. The minimum Gasteiger partial charge on any atom is -0.370 e. The van der Waals surface area contributed by atoms with Crippen LogP contribution in [-0.4, -0.2) is 35.5 Å². The molecular formula is C20H22N4O. The summed E-state index contributed by atoms with van der Waals surface area (Å²) in [7, 11) is 0. The number of para-hydroxylation sites is 1. The second-order valence-electron chi connectivity index (χ2n) is 6.48. The number of nitrogens with zero attached hydrogens (tertiary/aromatic N) is 3. The molecule has 1 N–H and O–H groups in total. The van der Waals surface area contributed by atoms with E-state index in [9.17, 15) is 4.79 Å². The first-order chi connectivity index (χ1) is 12.3. The van der Waals surface area contributed by atoms with Crippen molar-refractivity contribution in [3.63, 3.8) is 0 Å². The maximum absolute atomic E-state index is 12.5. The van der Waals surface area contributed by atoms with Crippen molar-refractivity contribution in [3.05, 3.63) is 71.1 Å². The lowest BCUT2D eigenvalue weighted by Crippen LogP contribution is -2.36. The third-order valence-electron chi connectivity index (χ3n) is 4.83. The highest BCUT2D eigenvalue weighted by Crippen LogP contribution is 2.19. The summed E-state index contributed by atoms with van der Waals surface area (Å²) in [5.41, 5.74) is 1.26. The van der Waals surface area contributed by atoms with Gasteiger partial charge in [-0.15, -0.1) is 0 Å². The van der Waals surface area contributed by atoms with Crippen molar-refractivity contribution in [2.24, 2.45) is 0 Å². The van der Waals surface area contributed by atoms with E-state index in [1.54, 1.807) is 10.9 Å². The molecule has 25 heavy (non-hydrogen) atoms. The third-order valence-corrected chi connectivity index (χ3v) is 4.83. The van der Waals surface area contributed by atoms with Gasteiger partial charge in [0.05, 0.1) is 18.1 Å². The van der Waals surface area contributed by atoms with E-state index in [0.717, 1.165) is 36.8 Å². The topological polar surface area (TPSA) is 50.2 Å². The molecule has 0 aliphatic carbocycles. The Kier molecular flexibility index (Phi) is 4.48. The van der Waals surface area contributed by atoms with Crippen molar-refractivity contribution in [1.82, 2.24) is 15.1 Å². The molecule has 2 heterocycles. The van der Waals surface area contributed by atoms with E-state index in [0.29, 0.717) is 12.6 Å². The summed E-state index contributed by atoms with van der Waals surface area (Å²) < 4.78 is 1.55. The van der Waals surface area contributed by atoms with Gasteiger partial charge in [0.25, 0.3) is 5.56 Å². The monoisotopic (exact) mass is 334 g/mol. The largest absolute Gasteiger partial charge is 0.370 e. The standard InChI is InChI=1S/C20H22N4O/c25-20-19-9-5-4-6-16(19)14-22-24(20)13-11-21-17-10-12-23(15-17)18-7-2-1-3-8-18/h1-9,14,17,21H,10-13,15H2. The van der Waals surface area contributed by atoms with Crippen LogP contribution in [-0.2, 0) is 6.54 Å². The van der Waals surface area contributed by atoms with Crippen LogP contribution in [0, 0.1) is 0 Å². The summed E-state index contributed by atoms with van der Waals surface area (Å²) in [5.74, 6) is 0. The Morgan fingerprint density at radius 2 is 1.88 bits per heavy atom. The molecule has 1 aliphatic heterocycles. The normalized spacial score (nSPS) is 17.3. The Bertz CT molecular complexity index is 906. The van der Waals surface area contributed by atoms with Crippen molar-refractivity contribution in [2.45, 2.75) is 19.0 Å². The molecule has 5 heteroatoms. The molecule has 1 unspecified atom stereocenters. The van der Waals surface area contributed by atoms with Crippen LogP contribution in [0.3, 0.4) is 0 Å². The summed E-state index contributed by atoms with van der Waals surface area (Å²) in [6, 6.07) is 18.6. The summed E-state index contributed by atoms with van der Waals surface area (Å²) in [6.07, 6.45) is 2.89. The van der Waals surface area contributed by atoms with Crippen LogP contribution in [0.2, 0.25) is 0 Å². The van der Waals surface area contributed by atoms with Crippen LogP contribution in [0.15, 0.2) is 65.6 Å². The van der Waals surface area contributed by atoms with Gasteiger partial charge in [0, 0.05) is 36.7 Å². The average molecular weight is 334 g/mol. The number of benzene rings is 2. The van der Waals surface area contributed by atoms with Crippen LogP contribution < -0.4 is 15.8 Å². The SMILES string of the molecule is O=c1c2ccccc2cnn1CCNC1CCN(c2ccccc2)C1. The molecule has 4 rings (SSSR count). The van der Waals surface area contributed by atoms with Crippen molar-refractivity contribution in [2.75, 3.05) is 24.5 Å². The van der Waals surface area contributed by atoms with Crippen molar-refractivity contribution in [3.8, 4) is 0 Å². The van der Waals surface area contributed by atoms with Crippen LogP contribution in [0.1, 0.15) is 6.42 Å². The summed E-state index contributed by atoms with van der Waals surface area (Å²) in [4.78, 5) is 14.9. The first kappa shape index (κ1) is 15.8. The predicted molar refractivity (Wildman–Crippen MR) is 101 cm³/mol. The second kappa shape index (κ2) is 7.07. The Hall–Kier alpha value is -2.66. The van der Waals surface area contributed by atoms with E-state index in [2.05, 4.69) is 39.6 Å². The zero-order valence-corrected chi connectivity index (χ0v) is 14.1. The molecule has 0 amide bonds. The fourth-order valence-electron chi connectivity index (χ4n) is 3.46. The number of hydrogen-bond acceptors (Lipinski definition) is 4. The van der Waals surface area contributed by atoms with Crippen molar-refractivity contribution < 1.29 is 0 Å². The Labute approximate surface area is 146 Å². The molecule has 1 fully saturated rings. The van der Waals surface area contributed by atoms with Gasteiger partial charge in [0.1, 0.15) is 0 Å². The maximum Gasteiger partial charge on any atom is 0.274 e. The molecule has 1 atom stereocenters. The third kappa shape index (κ3) is 3.42. The van der Waals surface area contributed by atoms with Crippen LogP contribution in [0.4, 0.5) is 5.69 Å². The molecule has 128 valence electrons. The predicted octanol–water partition coefficient (Wildman–Crippen LogP) is 2.27. The van der Waals surface area contributed by atoms with Gasteiger partial charge in [-0.25, -0.2) is 4.68 Å². The minimum atomic E-state index is -0.0164. The Morgan fingerprint density at radius 3 is 2.76 bits per heavy atom. The van der Waals surface area contributed by atoms with Gasteiger partial charge in [-0.05, 0) is 24.6 Å². The quantitative estimate of drug-likeness (QED) is 0.778. The van der Waals surface area contributed by atoms with Crippen molar-refractivity contribution in [1.29, 1.82) is 0 Å². The molecule has 1 saturated heterocycles. The molecule has 1 aromatic heterocycles. The molecule has 0 bridgehead atoms. The van der Waals surface area contributed by atoms with E-state index < -0.39 is 0 Å². The highest BCUT2D eigenvalue weighted by molar-refractivity contribution is 5.80. The number of hydrogen-bond donors (Lipinski definition) is 1. The molecule has 0 saturated carbocycles. The van der Waals surface area contributed by atoms with Crippen LogP contribution in [0.5, 0.6) is 0 Å². The highest BCUT2D eigenvalue weighted by atomic mass is 16.1. The molecule has 1 aliphatic rings. The van der Waals surface area contributed by atoms with Gasteiger partial charge in [-0.2, -0.15) is 5.10 Å². The number of nitrogens with one attached hydrogen (secondary N) is 1. The smallest absolute Gasteiger partial charge is 0.274 e. The number of fused-ring (bicyclic) bond motifs is 1. The van der Waals surface area contributed by atoms with Gasteiger partial charge in [-0.3, -0.25) is 4.79 Å². The van der Waals surface area contributed by atoms with E-state index >= 15 is 0 Å². The molecule has 5 nitrogen and oxygen atoms in total. The zero-order chi connectivity index (χ0) is 17.1. The fourth-order valence-corrected chi connectivity index (χ4v) is 3.46. The van der Waals surface area contributed by atoms with Gasteiger partial charge in [-0.1, -0.05) is 36.4 Å². The number of aromatic nitrogens is 2. The van der Waals surface area contributed by atoms with Crippen molar-refractivity contribution >= 4 is 16.5 Å². The fraction of sp³-hybridized carbons (Fsp3) is 0.300. The van der Waals surface area contributed by atoms with Gasteiger partial charge < -0.3 is 10.2 Å². The first-order valence-electron chi connectivity index (χ1n) is 8.79. The molecule has 2 aromatic carbocycles.